The van der Waals surface area contributed by atoms with E-state index in [2.05, 4.69) is 16.0 Å². The average Bonchev–Trinajstić information content (AvgIpc) is 3.32. The maximum Gasteiger partial charge on any atom is 0.311 e. The highest BCUT2D eigenvalue weighted by Gasteiger charge is 2.24. The molecule has 0 saturated heterocycles. The molecular weight excluding hydrogens is 424 g/mol. The van der Waals surface area contributed by atoms with Crippen molar-refractivity contribution in [3.8, 4) is 0 Å². The van der Waals surface area contributed by atoms with Gasteiger partial charge in [0.1, 0.15) is 4.83 Å². The largest absolute Gasteiger partial charge is 0.481 e. The fourth-order valence-electron chi connectivity index (χ4n) is 4.25. The minimum Gasteiger partial charge on any atom is -0.481 e. The summed E-state index contributed by atoms with van der Waals surface area (Å²) >= 11 is 1.42. The van der Waals surface area contributed by atoms with Crippen LogP contribution in [-0.4, -0.2) is 33.3 Å². The van der Waals surface area contributed by atoms with Crippen LogP contribution in [0.25, 0.3) is 21.1 Å². The molecule has 0 aliphatic heterocycles. The molecule has 2 heterocycles. The summed E-state index contributed by atoms with van der Waals surface area (Å²) < 4.78 is 2.09. The lowest BCUT2D eigenvalue weighted by molar-refractivity contribution is -0.139. The van der Waals surface area contributed by atoms with Gasteiger partial charge in [-0.3, -0.25) is 9.59 Å². The number of aromatic nitrogens is 1. The molecule has 2 atom stereocenters. The molecule has 0 spiro atoms. The van der Waals surface area contributed by atoms with Gasteiger partial charge in [0.15, 0.2) is 0 Å². The molecule has 166 valence electrons. The second-order valence-electron chi connectivity index (χ2n) is 8.34. The van der Waals surface area contributed by atoms with Crippen LogP contribution in [0.3, 0.4) is 0 Å². The predicted octanol–water partition coefficient (Wildman–Crippen LogP) is 4.68. The molecule has 2 aromatic heterocycles. The van der Waals surface area contributed by atoms with Crippen LogP contribution in [0, 0.1) is 5.92 Å². The molecule has 3 N–H and O–H groups in total. The molecule has 0 radical (unpaired) electrons. The number of aliphatic hydroxyl groups is 1. The molecule has 2 aromatic carbocycles. The van der Waals surface area contributed by atoms with Crippen molar-refractivity contribution in [1.82, 2.24) is 9.88 Å². The van der Waals surface area contributed by atoms with Gasteiger partial charge < -0.3 is 20.1 Å². The van der Waals surface area contributed by atoms with Crippen molar-refractivity contribution in [2.75, 3.05) is 6.61 Å². The fraction of sp³-hybridized carbons (Fsp3) is 0.280. The predicted molar refractivity (Wildman–Crippen MR) is 127 cm³/mol. The van der Waals surface area contributed by atoms with Crippen molar-refractivity contribution >= 4 is 44.3 Å². The summed E-state index contributed by atoms with van der Waals surface area (Å²) in [5, 5.41) is 24.5. The molecule has 0 aliphatic rings. The second kappa shape index (κ2) is 8.76. The van der Waals surface area contributed by atoms with Crippen LogP contribution in [0.2, 0.25) is 0 Å². The summed E-state index contributed by atoms with van der Waals surface area (Å²) in [6, 6.07) is 16.5. The van der Waals surface area contributed by atoms with E-state index in [0.29, 0.717) is 10.4 Å². The summed E-state index contributed by atoms with van der Waals surface area (Å²) in [6.07, 6.45) is 0. The Balaban J connectivity index is 1.56. The van der Waals surface area contributed by atoms with Crippen LogP contribution in [0.5, 0.6) is 0 Å². The molecule has 4 rings (SSSR count). The molecule has 0 aliphatic carbocycles. The quantitative estimate of drug-likeness (QED) is 0.381. The van der Waals surface area contributed by atoms with E-state index >= 15 is 0 Å². The van der Waals surface area contributed by atoms with E-state index in [1.807, 2.05) is 45.2 Å². The molecule has 7 heteroatoms. The third kappa shape index (κ3) is 3.89. The van der Waals surface area contributed by atoms with E-state index in [1.165, 1.54) is 11.3 Å². The molecule has 1 unspecified atom stereocenters. The van der Waals surface area contributed by atoms with E-state index in [4.69, 9.17) is 0 Å². The number of nitrogens with zero attached hydrogens (tertiary/aromatic N) is 1. The van der Waals surface area contributed by atoms with Crippen LogP contribution < -0.4 is 5.32 Å². The number of thiophene rings is 1. The second-order valence-corrected chi connectivity index (χ2v) is 9.37. The summed E-state index contributed by atoms with van der Waals surface area (Å²) in [5.74, 6) is -1.75. The summed E-state index contributed by atoms with van der Waals surface area (Å²) in [5.41, 5.74) is 2.55. The van der Waals surface area contributed by atoms with E-state index < -0.39 is 17.9 Å². The van der Waals surface area contributed by atoms with Crippen LogP contribution in [0.15, 0.2) is 54.6 Å². The van der Waals surface area contributed by atoms with Crippen molar-refractivity contribution in [1.29, 1.82) is 0 Å². The zero-order valence-electron chi connectivity index (χ0n) is 18.2. The minimum absolute atomic E-state index is 0.0456. The number of hydrogen-bond acceptors (Lipinski definition) is 4. The Hall–Kier alpha value is -3.16. The van der Waals surface area contributed by atoms with Gasteiger partial charge in [0.25, 0.3) is 5.91 Å². The van der Waals surface area contributed by atoms with Crippen LogP contribution in [0.4, 0.5) is 0 Å². The number of carboxylic acid groups (broad SMARTS) is 1. The molecule has 0 fully saturated rings. The standard InChI is InChI=1S/C25H26N2O4S/c1-14(2)22(25(30)31)16-10-8-15(9-11-16)19(13-28)26-23(29)21-12-18-17-6-4-5-7-20(17)27(3)24(18)32-21/h4-12,14,19,22,28H,13H2,1-3H3,(H,26,29)(H,30,31)/t19-,22?/m1/s1. The first-order valence-corrected chi connectivity index (χ1v) is 11.3. The normalized spacial score (nSPS) is 13.5. The minimum atomic E-state index is -0.864. The highest BCUT2D eigenvalue weighted by atomic mass is 32.1. The van der Waals surface area contributed by atoms with Gasteiger partial charge in [-0.25, -0.2) is 0 Å². The van der Waals surface area contributed by atoms with Gasteiger partial charge in [0.2, 0.25) is 0 Å². The Morgan fingerprint density at radius 3 is 2.31 bits per heavy atom. The van der Waals surface area contributed by atoms with Crippen molar-refractivity contribution in [2.45, 2.75) is 25.8 Å². The monoisotopic (exact) mass is 450 g/mol. The fourth-order valence-corrected chi connectivity index (χ4v) is 5.30. The van der Waals surface area contributed by atoms with E-state index in [-0.39, 0.29) is 18.4 Å². The average molecular weight is 451 g/mol. The smallest absolute Gasteiger partial charge is 0.311 e. The van der Waals surface area contributed by atoms with Gasteiger partial charge in [-0.1, -0.05) is 56.3 Å². The zero-order chi connectivity index (χ0) is 23.0. The van der Waals surface area contributed by atoms with Crippen molar-refractivity contribution in [3.05, 3.63) is 70.6 Å². The van der Waals surface area contributed by atoms with Gasteiger partial charge in [0, 0.05) is 23.3 Å². The molecule has 32 heavy (non-hydrogen) atoms. The SMILES string of the molecule is CC(C)C(C(=O)O)c1ccc([C@@H](CO)NC(=O)c2cc3c4ccccc4n(C)c3s2)cc1. The van der Waals surface area contributed by atoms with Gasteiger partial charge in [-0.2, -0.15) is 0 Å². The molecule has 4 aromatic rings. The third-order valence-electron chi connectivity index (χ3n) is 5.92. The van der Waals surface area contributed by atoms with Crippen LogP contribution in [-0.2, 0) is 11.8 Å². The van der Waals surface area contributed by atoms with E-state index in [9.17, 15) is 19.8 Å². The number of rotatable bonds is 7. The number of amides is 1. The number of hydrogen-bond donors (Lipinski definition) is 3. The van der Waals surface area contributed by atoms with Crippen molar-refractivity contribution in [3.63, 3.8) is 0 Å². The summed E-state index contributed by atoms with van der Waals surface area (Å²) in [6.45, 7) is 3.49. The number of aliphatic carboxylic acids is 1. The maximum absolute atomic E-state index is 13.0. The number of fused-ring (bicyclic) bond motifs is 3. The van der Waals surface area contributed by atoms with Gasteiger partial charge in [-0.05, 0) is 29.2 Å². The molecule has 6 nitrogen and oxygen atoms in total. The lowest BCUT2D eigenvalue weighted by Gasteiger charge is -2.19. The van der Waals surface area contributed by atoms with Gasteiger partial charge >= 0.3 is 5.97 Å². The molecule has 1 amide bonds. The third-order valence-corrected chi connectivity index (χ3v) is 7.13. The topological polar surface area (TPSA) is 91.6 Å². The summed E-state index contributed by atoms with van der Waals surface area (Å²) in [7, 11) is 1.99. The molecule has 0 saturated carbocycles. The van der Waals surface area contributed by atoms with E-state index in [0.717, 1.165) is 26.7 Å². The molecular formula is C25H26N2O4S. The Kier molecular flexibility index (Phi) is 6.04. The van der Waals surface area contributed by atoms with Crippen LogP contribution >= 0.6 is 11.3 Å². The highest BCUT2D eigenvalue weighted by Crippen LogP contribution is 2.34. The van der Waals surface area contributed by atoms with Gasteiger partial charge in [-0.15, -0.1) is 11.3 Å². The Labute approximate surface area is 190 Å². The summed E-state index contributed by atoms with van der Waals surface area (Å²) in [4.78, 5) is 26.1. The number of carbonyl (C=O) groups excluding carboxylic acids is 1. The number of nitrogens with one attached hydrogen (secondary N) is 1. The first kappa shape index (κ1) is 22.0. The maximum atomic E-state index is 13.0. The number of carbonyl (C=O) groups is 2. The Morgan fingerprint density at radius 1 is 1.03 bits per heavy atom. The molecule has 0 bridgehead atoms. The number of aliphatic hydroxyl groups excluding tert-OH is 1. The van der Waals surface area contributed by atoms with Crippen molar-refractivity contribution in [2.24, 2.45) is 13.0 Å². The van der Waals surface area contributed by atoms with E-state index in [1.54, 1.807) is 24.3 Å². The lowest BCUT2D eigenvalue weighted by Crippen LogP contribution is -2.30. The first-order chi connectivity index (χ1) is 15.3. The number of aryl methyl sites for hydroxylation is 1. The Bertz CT molecular complexity index is 1290. The first-order valence-electron chi connectivity index (χ1n) is 10.5. The van der Waals surface area contributed by atoms with Crippen LogP contribution in [0.1, 0.15) is 46.6 Å². The Morgan fingerprint density at radius 2 is 1.69 bits per heavy atom. The zero-order valence-corrected chi connectivity index (χ0v) is 19.0. The van der Waals surface area contributed by atoms with Gasteiger partial charge in [0.05, 0.1) is 23.4 Å². The number of carboxylic acids is 1. The van der Waals surface area contributed by atoms with Crippen molar-refractivity contribution < 1.29 is 19.8 Å². The number of benzene rings is 2. The lowest BCUT2D eigenvalue weighted by atomic mass is 9.88. The number of para-hydroxylation sites is 1. The highest BCUT2D eigenvalue weighted by molar-refractivity contribution is 7.20.